The van der Waals surface area contributed by atoms with Gasteiger partial charge in [-0.15, -0.1) is 0 Å². The van der Waals surface area contributed by atoms with E-state index in [0.717, 1.165) is 37.1 Å². The number of ether oxygens (including phenoxy) is 1. The maximum absolute atomic E-state index is 12.3. The Bertz CT molecular complexity index is 656. The van der Waals surface area contributed by atoms with Gasteiger partial charge in [0.2, 0.25) is 0 Å². The molecule has 1 aromatic carbocycles. The van der Waals surface area contributed by atoms with E-state index in [2.05, 4.69) is 15.8 Å². The molecule has 1 aliphatic carbocycles. The number of benzene rings is 1. The number of rotatable bonds is 4. The van der Waals surface area contributed by atoms with Gasteiger partial charge in [0.15, 0.2) is 0 Å². The molecule has 1 saturated carbocycles. The van der Waals surface area contributed by atoms with Crippen molar-refractivity contribution in [3.05, 3.63) is 53.3 Å². The molecular weight excluding hydrogens is 276 g/mol. The van der Waals surface area contributed by atoms with Gasteiger partial charge in [-0.2, -0.15) is 5.10 Å². The fourth-order valence-electron chi connectivity index (χ4n) is 3.44. The van der Waals surface area contributed by atoms with Crippen LogP contribution in [0.1, 0.15) is 42.1 Å². The van der Waals surface area contributed by atoms with Crippen LogP contribution in [0, 0.1) is 5.92 Å². The lowest BCUT2D eigenvalue weighted by molar-refractivity contribution is -0.154. The maximum atomic E-state index is 12.3. The van der Waals surface area contributed by atoms with Gasteiger partial charge in [-0.3, -0.25) is 9.48 Å². The van der Waals surface area contributed by atoms with Crippen LogP contribution in [-0.4, -0.2) is 15.7 Å². The normalized spacial score (nSPS) is 22.9. The molecule has 4 rings (SSSR count). The summed E-state index contributed by atoms with van der Waals surface area (Å²) in [5.41, 5.74) is 3.44. The third kappa shape index (κ3) is 2.43. The summed E-state index contributed by atoms with van der Waals surface area (Å²) in [5.74, 6) is 0.161. The van der Waals surface area contributed by atoms with Gasteiger partial charge < -0.3 is 4.74 Å². The third-order valence-electron chi connectivity index (χ3n) is 4.87. The van der Waals surface area contributed by atoms with Gasteiger partial charge in [0.05, 0.1) is 11.6 Å². The first-order valence-electron chi connectivity index (χ1n) is 8.08. The Labute approximate surface area is 130 Å². The molecule has 1 fully saturated rings. The number of aromatic nitrogens is 2. The number of hydrogen-bond donors (Lipinski definition) is 0. The van der Waals surface area contributed by atoms with E-state index in [1.54, 1.807) is 0 Å². The van der Waals surface area contributed by atoms with Crippen molar-refractivity contribution in [1.82, 2.24) is 9.78 Å². The van der Waals surface area contributed by atoms with Crippen LogP contribution in [0.15, 0.2) is 36.4 Å². The Morgan fingerprint density at radius 1 is 1.27 bits per heavy atom. The number of hydrogen-bond acceptors (Lipinski definition) is 3. The third-order valence-corrected chi connectivity index (χ3v) is 4.87. The number of carbonyl (C=O) groups is 1. The summed E-state index contributed by atoms with van der Waals surface area (Å²) in [4.78, 5) is 12.3. The second-order valence-corrected chi connectivity index (χ2v) is 6.27. The average Bonchev–Trinajstić information content (AvgIpc) is 3.06. The van der Waals surface area contributed by atoms with Crippen molar-refractivity contribution in [2.45, 2.75) is 44.8 Å². The molecule has 0 spiro atoms. The second kappa shape index (κ2) is 5.59. The zero-order chi connectivity index (χ0) is 14.9. The van der Waals surface area contributed by atoms with E-state index < -0.39 is 0 Å². The molecule has 2 aliphatic rings. The average molecular weight is 296 g/mol. The highest BCUT2D eigenvalue weighted by molar-refractivity contribution is 5.74. The lowest BCUT2D eigenvalue weighted by Crippen LogP contribution is -2.33. The smallest absolute Gasteiger partial charge is 0.309 e. The van der Waals surface area contributed by atoms with Gasteiger partial charge in [-0.1, -0.05) is 30.3 Å². The minimum atomic E-state index is -0.0757. The molecule has 4 heteroatoms. The van der Waals surface area contributed by atoms with Crippen molar-refractivity contribution in [2.75, 3.05) is 0 Å². The van der Waals surface area contributed by atoms with Gasteiger partial charge in [0, 0.05) is 18.2 Å². The largest absolute Gasteiger partial charge is 0.461 e. The molecule has 2 aromatic rings. The van der Waals surface area contributed by atoms with Gasteiger partial charge >= 0.3 is 5.97 Å². The van der Waals surface area contributed by atoms with E-state index >= 15 is 0 Å². The number of esters is 1. The van der Waals surface area contributed by atoms with Gasteiger partial charge in [0.1, 0.15) is 6.61 Å². The molecular formula is C18H20N2O2. The first kappa shape index (κ1) is 13.6. The Morgan fingerprint density at radius 2 is 2.14 bits per heavy atom. The summed E-state index contributed by atoms with van der Waals surface area (Å²) in [6.45, 7) is 1.38. The molecule has 4 nitrogen and oxygen atoms in total. The second-order valence-electron chi connectivity index (χ2n) is 6.27. The van der Waals surface area contributed by atoms with E-state index in [-0.39, 0.29) is 17.8 Å². The van der Waals surface area contributed by atoms with Crippen molar-refractivity contribution < 1.29 is 9.53 Å². The standard InChI is InChI=1S/C18H20N2O2/c21-18(22-12-13-5-2-1-3-6-13)16-9-8-15(16)17-11-14-7-4-10-20(14)19-17/h1-3,5-6,11,15-16H,4,7-10,12H2/t15?,16-/m0/s1. The summed E-state index contributed by atoms with van der Waals surface area (Å²) in [5, 5.41) is 4.67. The monoisotopic (exact) mass is 296 g/mol. The van der Waals surface area contributed by atoms with Crippen molar-refractivity contribution in [1.29, 1.82) is 0 Å². The van der Waals surface area contributed by atoms with Crippen molar-refractivity contribution in [3.8, 4) is 0 Å². The Balaban J connectivity index is 1.39. The van der Waals surface area contributed by atoms with E-state index in [1.807, 2.05) is 30.3 Å². The number of aryl methyl sites for hydroxylation is 2. The van der Waals surface area contributed by atoms with Crippen molar-refractivity contribution in [2.24, 2.45) is 5.92 Å². The van der Waals surface area contributed by atoms with Crippen LogP contribution in [0.4, 0.5) is 0 Å². The lowest BCUT2D eigenvalue weighted by Gasteiger charge is -2.33. The molecule has 1 unspecified atom stereocenters. The molecule has 0 N–H and O–H groups in total. The molecule has 1 aliphatic heterocycles. The highest BCUT2D eigenvalue weighted by Crippen LogP contribution is 2.43. The molecule has 22 heavy (non-hydrogen) atoms. The fourth-order valence-corrected chi connectivity index (χ4v) is 3.44. The Kier molecular flexibility index (Phi) is 3.45. The van der Waals surface area contributed by atoms with Crippen LogP contribution >= 0.6 is 0 Å². The van der Waals surface area contributed by atoms with Crippen LogP contribution in [0.25, 0.3) is 0 Å². The topological polar surface area (TPSA) is 44.1 Å². The Morgan fingerprint density at radius 3 is 2.86 bits per heavy atom. The highest BCUT2D eigenvalue weighted by atomic mass is 16.5. The molecule has 0 bridgehead atoms. The van der Waals surface area contributed by atoms with Crippen LogP contribution in [0.2, 0.25) is 0 Å². The molecule has 2 heterocycles. The summed E-state index contributed by atoms with van der Waals surface area (Å²) in [7, 11) is 0. The van der Waals surface area contributed by atoms with Gasteiger partial charge in [-0.05, 0) is 37.3 Å². The zero-order valence-electron chi connectivity index (χ0n) is 12.6. The molecule has 0 amide bonds. The summed E-state index contributed by atoms with van der Waals surface area (Å²) < 4.78 is 7.58. The van der Waals surface area contributed by atoms with Gasteiger partial charge in [0.25, 0.3) is 0 Å². The van der Waals surface area contributed by atoms with Crippen LogP contribution < -0.4 is 0 Å². The van der Waals surface area contributed by atoms with E-state index in [1.165, 1.54) is 12.1 Å². The van der Waals surface area contributed by atoms with E-state index in [9.17, 15) is 4.79 Å². The zero-order valence-corrected chi connectivity index (χ0v) is 12.6. The molecule has 0 radical (unpaired) electrons. The SMILES string of the molecule is O=C(OCc1ccccc1)[C@H]1CCC1c1cc2n(n1)CCC2. The molecule has 0 saturated heterocycles. The predicted molar refractivity (Wildman–Crippen MR) is 82.3 cm³/mol. The molecule has 2 atom stereocenters. The summed E-state index contributed by atoms with van der Waals surface area (Å²) in [6.07, 6.45) is 4.26. The predicted octanol–water partition coefficient (Wildman–Crippen LogP) is 3.07. The molecule has 1 aromatic heterocycles. The van der Waals surface area contributed by atoms with E-state index in [0.29, 0.717) is 6.61 Å². The summed E-state index contributed by atoms with van der Waals surface area (Å²) >= 11 is 0. The summed E-state index contributed by atoms with van der Waals surface area (Å²) in [6, 6.07) is 12.0. The minimum absolute atomic E-state index is 0.0145. The lowest BCUT2D eigenvalue weighted by atomic mass is 9.72. The first-order valence-corrected chi connectivity index (χ1v) is 8.08. The number of carbonyl (C=O) groups excluding carboxylic acids is 1. The van der Waals surface area contributed by atoms with Crippen LogP contribution in [-0.2, 0) is 29.1 Å². The van der Waals surface area contributed by atoms with Crippen LogP contribution in [0.5, 0.6) is 0 Å². The molecule has 114 valence electrons. The highest BCUT2D eigenvalue weighted by Gasteiger charge is 2.40. The number of nitrogens with zero attached hydrogens (tertiary/aromatic N) is 2. The Hall–Kier alpha value is -2.10. The van der Waals surface area contributed by atoms with Crippen LogP contribution in [0.3, 0.4) is 0 Å². The van der Waals surface area contributed by atoms with E-state index in [4.69, 9.17) is 4.74 Å². The van der Waals surface area contributed by atoms with Gasteiger partial charge in [-0.25, -0.2) is 0 Å². The fraction of sp³-hybridized carbons (Fsp3) is 0.444. The quantitative estimate of drug-likeness (QED) is 0.814. The number of fused-ring (bicyclic) bond motifs is 1. The van der Waals surface area contributed by atoms with Crippen molar-refractivity contribution >= 4 is 5.97 Å². The maximum Gasteiger partial charge on any atom is 0.309 e. The van der Waals surface area contributed by atoms with Crippen molar-refractivity contribution in [3.63, 3.8) is 0 Å². The first-order chi connectivity index (χ1) is 10.8. The minimum Gasteiger partial charge on any atom is -0.461 e.